The summed E-state index contributed by atoms with van der Waals surface area (Å²) in [6.07, 6.45) is 0. The van der Waals surface area contributed by atoms with Crippen molar-refractivity contribution >= 4 is 44.8 Å². The Morgan fingerprint density at radius 1 is 1.25 bits per heavy atom. The molecule has 0 spiro atoms. The number of nitro benzene ring substituents is 1. The van der Waals surface area contributed by atoms with E-state index in [2.05, 4.69) is 15.9 Å². The monoisotopic (exact) mass is 375 g/mol. The van der Waals surface area contributed by atoms with Gasteiger partial charge in [-0.15, -0.1) is 11.6 Å². The summed E-state index contributed by atoms with van der Waals surface area (Å²) in [5, 5.41) is 11.3. The second-order valence-corrected chi connectivity index (χ2v) is 5.28. The lowest BCUT2D eigenvalue weighted by atomic mass is 10.2. The number of ether oxygens (including phenoxy) is 1. The molecule has 0 radical (unpaired) electrons. The number of benzene rings is 2. The van der Waals surface area contributed by atoms with Crippen LogP contribution in [-0.2, 0) is 5.88 Å². The van der Waals surface area contributed by atoms with Crippen molar-refractivity contribution in [3.63, 3.8) is 0 Å². The van der Waals surface area contributed by atoms with E-state index < -0.39 is 4.92 Å². The van der Waals surface area contributed by atoms with Crippen LogP contribution in [0.25, 0.3) is 0 Å². The van der Waals surface area contributed by atoms with Gasteiger partial charge in [-0.2, -0.15) is 0 Å². The second kappa shape index (κ2) is 6.43. The zero-order chi connectivity index (χ0) is 14.7. The molecular formula is C13H8BrCl2NO3. The number of nitrogens with zero attached hydrogens (tertiary/aromatic N) is 1. The minimum Gasteiger partial charge on any atom is -0.454 e. The van der Waals surface area contributed by atoms with Crippen molar-refractivity contribution in [2.45, 2.75) is 5.88 Å². The highest BCUT2D eigenvalue weighted by Gasteiger charge is 2.18. The van der Waals surface area contributed by atoms with Gasteiger partial charge >= 0.3 is 0 Å². The summed E-state index contributed by atoms with van der Waals surface area (Å²) in [6, 6.07) is 9.73. The zero-order valence-electron chi connectivity index (χ0n) is 9.98. The van der Waals surface area contributed by atoms with E-state index in [1.807, 2.05) is 0 Å². The van der Waals surface area contributed by atoms with Crippen LogP contribution in [0.2, 0.25) is 5.02 Å². The quantitative estimate of drug-likeness (QED) is 0.399. The third-order valence-electron chi connectivity index (χ3n) is 2.54. The normalized spacial score (nSPS) is 10.3. The Labute approximate surface area is 133 Å². The minimum absolute atomic E-state index is 0.0815. The number of halogens is 3. The molecule has 0 amide bonds. The molecule has 0 aliphatic heterocycles. The fourth-order valence-corrected chi connectivity index (χ4v) is 2.54. The number of nitro groups is 1. The zero-order valence-corrected chi connectivity index (χ0v) is 13.1. The average molecular weight is 377 g/mol. The number of hydrogen-bond donors (Lipinski definition) is 0. The van der Waals surface area contributed by atoms with E-state index >= 15 is 0 Å². The number of hydrogen-bond acceptors (Lipinski definition) is 3. The SMILES string of the molecule is O=[N+]([O-])c1cccc(Oc2c(Cl)cccc2CCl)c1Br. The molecular weight excluding hydrogens is 369 g/mol. The topological polar surface area (TPSA) is 52.4 Å². The molecule has 0 aliphatic carbocycles. The standard InChI is InChI=1S/C13H8BrCl2NO3/c14-12-10(17(18)19)5-2-6-11(12)20-13-8(7-15)3-1-4-9(13)16/h1-6H,7H2. The number of para-hydroxylation sites is 1. The molecule has 0 aliphatic rings. The van der Waals surface area contributed by atoms with Crippen LogP contribution in [-0.4, -0.2) is 4.92 Å². The van der Waals surface area contributed by atoms with Crippen molar-refractivity contribution in [3.8, 4) is 11.5 Å². The molecule has 2 aromatic carbocycles. The Morgan fingerprint density at radius 2 is 1.95 bits per heavy atom. The Morgan fingerprint density at radius 3 is 2.60 bits per heavy atom. The van der Waals surface area contributed by atoms with E-state index in [0.29, 0.717) is 22.1 Å². The van der Waals surface area contributed by atoms with Crippen LogP contribution in [0.5, 0.6) is 11.5 Å². The maximum atomic E-state index is 10.9. The van der Waals surface area contributed by atoms with Gasteiger partial charge < -0.3 is 4.74 Å². The van der Waals surface area contributed by atoms with Crippen molar-refractivity contribution in [2.24, 2.45) is 0 Å². The van der Waals surface area contributed by atoms with Gasteiger partial charge in [-0.1, -0.05) is 29.8 Å². The second-order valence-electron chi connectivity index (χ2n) is 3.81. The molecule has 2 aromatic rings. The van der Waals surface area contributed by atoms with Crippen LogP contribution in [0.4, 0.5) is 5.69 Å². The Kier molecular flexibility index (Phi) is 4.86. The van der Waals surface area contributed by atoms with Crippen LogP contribution >= 0.6 is 39.1 Å². The van der Waals surface area contributed by atoms with Gasteiger partial charge in [-0.3, -0.25) is 10.1 Å². The highest BCUT2D eigenvalue weighted by Crippen LogP contribution is 2.40. The first kappa shape index (κ1) is 15.1. The Balaban J connectivity index is 2.46. The minimum atomic E-state index is -0.494. The maximum Gasteiger partial charge on any atom is 0.287 e. The molecule has 20 heavy (non-hydrogen) atoms. The first-order valence-corrected chi connectivity index (χ1v) is 7.19. The molecule has 104 valence electrons. The predicted octanol–water partition coefficient (Wildman–Crippen LogP) is 5.54. The van der Waals surface area contributed by atoms with Gasteiger partial charge in [0, 0.05) is 11.6 Å². The van der Waals surface area contributed by atoms with Crippen LogP contribution in [0, 0.1) is 10.1 Å². The molecule has 0 aromatic heterocycles. The Hall–Kier alpha value is -1.30. The molecule has 7 heteroatoms. The highest BCUT2D eigenvalue weighted by molar-refractivity contribution is 9.10. The summed E-state index contributed by atoms with van der Waals surface area (Å²) in [5.74, 6) is 0.923. The lowest BCUT2D eigenvalue weighted by Crippen LogP contribution is -1.94. The molecule has 0 atom stereocenters. The third-order valence-corrected chi connectivity index (χ3v) is 3.93. The van der Waals surface area contributed by atoms with Crippen molar-refractivity contribution in [3.05, 3.63) is 61.6 Å². The van der Waals surface area contributed by atoms with E-state index in [9.17, 15) is 10.1 Å². The fraction of sp³-hybridized carbons (Fsp3) is 0.0769. The molecule has 0 saturated heterocycles. The van der Waals surface area contributed by atoms with E-state index in [4.69, 9.17) is 27.9 Å². The van der Waals surface area contributed by atoms with Crippen LogP contribution in [0.15, 0.2) is 40.9 Å². The van der Waals surface area contributed by atoms with E-state index in [1.54, 1.807) is 24.3 Å². The van der Waals surface area contributed by atoms with E-state index in [-0.39, 0.29) is 16.0 Å². The summed E-state index contributed by atoms with van der Waals surface area (Å²) >= 11 is 15.1. The van der Waals surface area contributed by atoms with Gasteiger partial charge in [0.1, 0.15) is 16.0 Å². The highest BCUT2D eigenvalue weighted by atomic mass is 79.9. The van der Waals surface area contributed by atoms with E-state index in [0.717, 1.165) is 0 Å². The molecule has 0 heterocycles. The first-order chi connectivity index (χ1) is 9.54. The van der Waals surface area contributed by atoms with Crippen molar-refractivity contribution in [2.75, 3.05) is 0 Å². The summed E-state index contributed by atoms with van der Waals surface area (Å²) < 4.78 is 5.94. The molecule has 0 saturated carbocycles. The molecule has 0 bridgehead atoms. The molecule has 2 rings (SSSR count). The third kappa shape index (κ3) is 3.06. The molecule has 4 nitrogen and oxygen atoms in total. The number of rotatable bonds is 4. The summed E-state index contributed by atoms with van der Waals surface area (Å²) in [5.41, 5.74) is 0.625. The van der Waals surface area contributed by atoms with Gasteiger partial charge in [-0.25, -0.2) is 0 Å². The lowest BCUT2D eigenvalue weighted by Gasteiger charge is -2.12. The lowest BCUT2D eigenvalue weighted by molar-refractivity contribution is -0.385. The fourth-order valence-electron chi connectivity index (χ4n) is 1.60. The van der Waals surface area contributed by atoms with Gasteiger partial charge in [0.05, 0.1) is 15.8 Å². The van der Waals surface area contributed by atoms with Gasteiger partial charge in [0.25, 0.3) is 5.69 Å². The van der Waals surface area contributed by atoms with Crippen molar-refractivity contribution in [1.82, 2.24) is 0 Å². The van der Waals surface area contributed by atoms with Crippen molar-refractivity contribution < 1.29 is 9.66 Å². The van der Waals surface area contributed by atoms with E-state index in [1.165, 1.54) is 12.1 Å². The van der Waals surface area contributed by atoms with Crippen LogP contribution < -0.4 is 4.74 Å². The van der Waals surface area contributed by atoms with Gasteiger partial charge in [0.2, 0.25) is 0 Å². The smallest absolute Gasteiger partial charge is 0.287 e. The van der Waals surface area contributed by atoms with Crippen LogP contribution in [0.3, 0.4) is 0 Å². The largest absolute Gasteiger partial charge is 0.454 e. The predicted molar refractivity (Wildman–Crippen MR) is 81.9 cm³/mol. The van der Waals surface area contributed by atoms with Gasteiger partial charge in [0.15, 0.2) is 0 Å². The molecule has 0 N–H and O–H groups in total. The first-order valence-electron chi connectivity index (χ1n) is 5.48. The summed E-state index contributed by atoms with van der Waals surface area (Å²) in [7, 11) is 0. The average Bonchev–Trinajstić information content (AvgIpc) is 2.42. The molecule has 0 unspecified atom stereocenters. The number of alkyl halides is 1. The van der Waals surface area contributed by atoms with Crippen LogP contribution in [0.1, 0.15) is 5.56 Å². The summed E-state index contributed by atoms with van der Waals surface area (Å²) in [4.78, 5) is 10.4. The molecule has 0 fully saturated rings. The summed E-state index contributed by atoms with van der Waals surface area (Å²) in [6.45, 7) is 0. The Bertz CT molecular complexity index is 664. The van der Waals surface area contributed by atoms with Crippen molar-refractivity contribution in [1.29, 1.82) is 0 Å². The maximum absolute atomic E-state index is 10.9. The van der Waals surface area contributed by atoms with Gasteiger partial charge in [-0.05, 0) is 28.1 Å².